The van der Waals surface area contributed by atoms with Crippen molar-refractivity contribution in [1.82, 2.24) is 0 Å². The van der Waals surface area contributed by atoms with Crippen LogP contribution in [0.2, 0.25) is 0 Å². The van der Waals surface area contributed by atoms with Gasteiger partial charge in [0.2, 0.25) is 0 Å². The van der Waals surface area contributed by atoms with E-state index in [0.29, 0.717) is 28.9 Å². The highest BCUT2D eigenvalue weighted by atomic mass is 32.2. The SMILES string of the molecule is NC1=N[C@@]2(c3cc(N)ccc3F)CC(OC3CC3)C[C@H]2CS1. The molecule has 2 aliphatic carbocycles. The van der Waals surface area contributed by atoms with E-state index >= 15 is 0 Å². The van der Waals surface area contributed by atoms with Crippen LogP contribution in [0.25, 0.3) is 0 Å². The zero-order valence-electron chi connectivity index (χ0n) is 12.3. The number of fused-ring (bicyclic) bond motifs is 1. The predicted molar refractivity (Wildman–Crippen MR) is 87.2 cm³/mol. The van der Waals surface area contributed by atoms with E-state index in [0.717, 1.165) is 25.0 Å². The number of thioether (sulfide) groups is 1. The maximum Gasteiger partial charge on any atom is 0.154 e. The lowest BCUT2D eigenvalue weighted by molar-refractivity contribution is 0.0401. The molecule has 118 valence electrons. The number of aliphatic imine (C=N–C) groups is 1. The number of amidine groups is 1. The molecule has 4 rings (SSSR count). The Balaban J connectivity index is 1.75. The Bertz CT molecular complexity index is 634. The second kappa shape index (κ2) is 5.13. The molecule has 1 aromatic carbocycles. The first-order valence-electron chi connectivity index (χ1n) is 7.76. The summed E-state index contributed by atoms with van der Waals surface area (Å²) in [4.78, 5) is 4.71. The summed E-state index contributed by atoms with van der Waals surface area (Å²) in [6, 6.07) is 4.73. The molecule has 0 amide bonds. The standard InChI is InChI=1S/C16H20FN3OS/c17-14-4-1-10(18)6-13(14)16-7-12(21-11-2-3-11)5-9(16)8-22-15(19)20-16/h1,4,6,9,11-12H,2-3,5,7-8,18H2,(H2,19,20)/t9-,12?,16-/m0/s1. The molecule has 1 aromatic rings. The molecule has 1 aliphatic heterocycles. The van der Waals surface area contributed by atoms with E-state index in [1.807, 2.05) is 0 Å². The van der Waals surface area contributed by atoms with Gasteiger partial charge in [0.1, 0.15) is 5.82 Å². The van der Waals surface area contributed by atoms with Gasteiger partial charge in [-0.1, -0.05) is 11.8 Å². The zero-order valence-corrected chi connectivity index (χ0v) is 13.1. The molecule has 0 saturated heterocycles. The van der Waals surface area contributed by atoms with Gasteiger partial charge in [0.05, 0.1) is 17.7 Å². The van der Waals surface area contributed by atoms with Crippen molar-refractivity contribution in [3.05, 3.63) is 29.6 Å². The van der Waals surface area contributed by atoms with Gasteiger partial charge in [0.15, 0.2) is 5.17 Å². The van der Waals surface area contributed by atoms with Crippen LogP contribution in [0.4, 0.5) is 10.1 Å². The first-order chi connectivity index (χ1) is 10.6. The van der Waals surface area contributed by atoms with Gasteiger partial charge in [-0.05, 0) is 37.5 Å². The van der Waals surface area contributed by atoms with Crippen molar-refractivity contribution in [3.8, 4) is 0 Å². The summed E-state index contributed by atoms with van der Waals surface area (Å²) >= 11 is 1.55. The fourth-order valence-electron chi connectivity index (χ4n) is 3.71. The van der Waals surface area contributed by atoms with Gasteiger partial charge in [-0.2, -0.15) is 0 Å². The lowest BCUT2D eigenvalue weighted by Crippen LogP contribution is -2.37. The summed E-state index contributed by atoms with van der Waals surface area (Å²) in [6.07, 6.45) is 4.40. The number of benzene rings is 1. The zero-order chi connectivity index (χ0) is 15.3. The quantitative estimate of drug-likeness (QED) is 0.839. The van der Waals surface area contributed by atoms with E-state index in [4.69, 9.17) is 21.2 Å². The molecule has 1 unspecified atom stereocenters. The molecule has 4 nitrogen and oxygen atoms in total. The van der Waals surface area contributed by atoms with Crippen molar-refractivity contribution in [2.24, 2.45) is 16.6 Å². The van der Waals surface area contributed by atoms with Crippen molar-refractivity contribution in [3.63, 3.8) is 0 Å². The number of anilines is 1. The van der Waals surface area contributed by atoms with Gasteiger partial charge in [0.25, 0.3) is 0 Å². The van der Waals surface area contributed by atoms with E-state index in [9.17, 15) is 4.39 Å². The Labute approximate surface area is 133 Å². The minimum Gasteiger partial charge on any atom is -0.399 e. The Kier molecular flexibility index (Phi) is 3.34. The molecule has 6 heteroatoms. The minimum absolute atomic E-state index is 0.133. The largest absolute Gasteiger partial charge is 0.399 e. The van der Waals surface area contributed by atoms with Crippen LogP contribution in [-0.2, 0) is 10.3 Å². The third kappa shape index (κ3) is 2.38. The van der Waals surface area contributed by atoms with Crippen LogP contribution >= 0.6 is 11.8 Å². The maximum absolute atomic E-state index is 14.5. The number of nitrogen functional groups attached to an aromatic ring is 1. The van der Waals surface area contributed by atoms with Crippen LogP contribution in [0.3, 0.4) is 0 Å². The molecular formula is C16H20FN3OS. The van der Waals surface area contributed by atoms with Crippen molar-refractivity contribution < 1.29 is 9.13 Å². The minimum atomic E-state index is -0.617. The van der Waals surface area contributed by atoms with Crippen molar-refractivity contribution in [2.75, 3.05) is 11.5 Å². The first-order valence-corrected chi connectivity index (χ1v) is 8.74. The van der Waals surface area contributed by atoms with E-state index in [1.54, 1.807) is 23.9 Å². The van der Waals surface area contributed by atoms with Gasteiger partial charge in [-0.3, -0.25) is 4.99 Å². The number of rotatable bonds is 3. The smallest absolute Gasteiger partial charge is 0.154 e. The number of nitrogens with two attached hydrogens (primary N) is 2. The number of ether oxygens (including phenoxy) is 1. The van der Waals surface area contributed by atoms with E-state index in [1.165, 1.54) is 6.07 Å². The van der Waals surface area contributed by atoms with Gasteiger partial charge in [0, 0.05) is 29.3 Å². The molecule has 22 heavy (non-hydrogen) atoms. The Hall–Kier alpha value is -1.27. The summed E-state index contributed by atoms with van der Waals surface area (Å²) in [5.74, 6) is 0.841. The molecule has 2 saturated carbocycles. The Morgan fingerprint density at radius 1 is 1.27 bits per heavy atom. The number of halogens is 1. The molecule has 3 atom stereocenters. The summed E-state index contributed by atoms with van der Waals surface area (Å²) in [5, 5.41) is 0.533. The normalized spacial score (nSPS) is 34.3. The summed E-state index contributed by atoms with van der Waals surface area (Å²) in [6.45, 7) is 0. The number of nitrogens with zero attached hydrogens (tertiary/aromatic N) is 1. The fourth-order valence-corrected chi connectivity index (χ4v) is 4.72. The van der Waals surface area contributed by atoms with Crippen LogP contribution in [0, 0.1) is 11.7 Å². The molecule has 3 aliphatic rings. The fraction of sp³-hybridized carbons (Fsp3) is 0.562. The van der Waals surface area contributed by atoms with Gasteiger partial charge in [-0.15, -0.1) is 0 Å². The van der Waals surface area contributed by atoms with Crippen LogP contribution in [0.5, 0.6) is 0 Å². The lowest BCUT2D eigenvalue weighted by atomic mass is 9.81. The Morgan fingerprint density at radius 2 is 2.09 bits per heavy atom. The summed E-state index contributed by atoms with van der Waals surface area (Å²) < 4.78 is 20.6. The monoisotopic (exact) mass is 321 g/mol. The molecule has 0 radical (unpaired) electrons. The predicted octanol–water partition coefficient (Wildman–Crippen LogP) is 2.62. The van der Waals surface area contributed by atoms with Crippen molar-refractivity contribution in [1.29, 1.82) is 0 Å². The van der Waals surface area contributed by atoms with Crippen molar-refractivity contribution in [2.45, 2.75) is 43.4 Å². The molecule has 2 fully saturated rings. The highest BCUT2D eigenvalue weighted by Gasteiger charge is 2.53. The average Bonchev–Trinajstić information content (AvgIpc) is 3.20. The van der Waals surface area contributed by atoms with E-state index < -0.39 is 5.54 Å². The van der Waals surface area contributed by atoms with Crippen molar-refractivity contribution >= 4 is 22.6 Å². The molecule has 0 spiro atoms. The second-order valence-corrected chi connectivity index (χ2v) is 7.56. The van der Waals surface area contributed by atoms with Gasteiger partial charge < -0.3 is 16.2 Å². The molecular weight excluding hydrogens is 301 g/mol. The van der Waals surface area contributed by atoms with Crippen LogP contribution in [0.1, 0.15) is 31.2 Å². The van der Waals surface area contributed by atoms with Gasteiger partial charge in [-0.25, -0.2) is 4.39 Å². The first kappa shape index (κ1) is 14.3. The highest BCUT2D eigenvalue weighted by Crippen LogP contribution is 2.53. The summed E-state index contributed by atoms with van der Waals surface area (Å²) in [5.41, 5.74) is 12.4. The van der Waals surface area contributed by atoms with E-state index in [-0.39, 0.29) is 17.8 Å². The highest BCUT2D eigenvalue weighted by molar-refractivity contribution is 8.13. The maximum atomic E-state index is 14.5. The number of hydrogen-bond donors (Lipinski definition) is 2. The van der Waals surface area contributed by atoms with Crippen LogP contribution in [0.15, 0.2) is 23.2 Å². The molecule has 1 heterocycles. The number of hydrogen-bond acceptors (Lipinski definition) is 5. The van der Waals surface area contributed by atoms with E-state index in [2.05, 4.69) is 0 Å². The third-order valence-electron chi connectivity index (χ3n) is 4.87. The third-order valence-corrected chi connectivity index (χ3v) is 5.83. The molecule has 0 aromatic heterocycles. The molecule has 0 bridgehead atoms. The molecule has 4 N–H and O–H groups in total. The van der Waals surface area contributed by atoms with Crippen LogP contribution < -0.4 is 11.5 Å². The Morgan fingerprint density at radius 3 is 2.86 bits per heavy atom. The van der Waals surface area contributed by atoms with Crippen LogP contribution in [-0.4, -0.2) is 23.1 Å². The van der Waals surface area contributed by atoms with Gasteiger partial charge >= 0.3 is 0 Å². The second-order valence-electron chi connectivity index (χ2n) is 6.52. The topological polar surface area (TPSA) is 73.6 Å². The lowest BCUT2D eigenvalue weighted by Gasteiger charge is -2.35. The average molecular weight is 321 g/mol. The summed E-state index contributed by atoms with van der Waals surface area (Å²) in [7, 11) is 0.